The van der Waals surface area contributed by atoms with Crippen molar-refractivity contribution in [3.05, 3.63) is 42.0 Å². The number of rotatable bonds is 4. The Morgan fingerprint density at radius 1 is 1.38 bits per heavy atom. The number of hydrogen-bond acceptors (Lipinski definition) is 6. The van der Waals surface area contributed by atoms with Gasteiger partial charge in [0, 0.05) is 26.1 Å². The maximum atomic E-state index is 12.4. The Labute approximate surface area is 150 Å². The van der Waals surface area contributed by atoms with Crippen LogP contribution in [0.4, 0.5) is 5.82 Å². The van der Waals surface area contributed by atoms with Crippen LogP contribution in [0.3, 0.4) is 0 Å². The van der Waals surface area contributed by atoms with Crippen LogP contribution in [0.5, 0.6) is 0 Å². The number of nitrogens with two attached hydrogens (primary N) is 1. The van der Waals surface area contributed by atoms with Crippen molar-refractivity contribution < 1.29 is 4.79 Å². The van der Waals surface area contributed by atoms with Gasteiger partial charge in [0.1, 0.15) is 17.6 Å². The zero-order valence-electron chi connectivity index (χ0n) is 14.7. The minimum Gasteiger partial charge on any atom is -0.367 e. The molecule has 0 aliphatic carbocycles. The third-order valence-corrected chi connectivity index (χ3v) is 4.50. The summed E-state index contributed by atoms with van der Waals surface area (Å²) < 4.78 is 1.94. The lowest BCUT2D eigenvalue weighted by Gasteiger charge is -2.24. The Balaban J connectivity index is 1.88. The molecule has 2 aromatic heterocycles. The molecule has 1 aromatic carbocycles. The van der Waals surface area contributed by atoms with Gasteiger partial charge in [-0.15, -0.1) is 0 Å². The molecule has 0 saturated carbocycles. The average Bonchev–Trinajstić information content (AvgIpc) is 3.04. The van der Waals surface area contributed by atoms with Gasteiger partial charge >= 0.3 is 0 Å². The highest BCUT2D eigenvalue weighted by Crippen LogP contribution is 2.34. The Bertz CT molecular complexity index is 979. The Morgan fingerprint density at radius 2 is 2.19 bits per heavy atom. The van der Waals surface area contributed by atoms with Crippen LogP contribution in [0.25, 0.3) is 16.9 Å². The second-order valence-corrected chi connectivity index (χ2v) is 6.55. The lowest BCUT2D eigenvalue weighted by Crippen LogP contribution is -2.33. The lowest BCUT2D eigenvalue weighted by atomic mass is 9.98. The van der Waals surface area contributed by atoms with Gasteiger partial charge in [0.2, 0.25) is 5.91 Å². The van der Waals surface area contributed by atoms with Crippen molar-refractivity contribution in [2.45, 2.75) is 25.3 Å². The van der Waals surface area contributed by atoms with Gasteiger partial charge in [-0.3, -0.25) is 14.3 Å². The van der Waals surface area contributed by atoms with Crippen molar-refractivity contribution in [1.29, 1.82) is 0 Å². The molecule has 134 valence electrons. The molecule has 4 N–H and O–H groups in total. The van der Waals surface area contributed by atoms with Gasteiger partial charge in [-0.05, 0) is 19.1 Å². The lowest BCUT2D eigenvalue weighted by molar-refractivity contribution is -0.122. The number of nitrogens with zero attached hydrogens (tertiary/aromatic N) is 4. The van der Waals surface area contributed by atoms with Crippen LogP contribution in [0.1, 0.15) is 24.4 Å². The van der Waals surface area contributed by atoms with E-state index in [9.17, 15) is 4.79 Å². The minimum atomic E-state index is -0.392. The number of amides is 1. The maximum absolute atomic E-state index is 12.4. The van der Waals surface area contributed by atoms with E-state index in [1.54, 1.807) is 13.2 Å². The highest BCUT2D eigenvalue weighted by Gasteiger charge is 2.34. The zero-order chi connectivity index (χ0) is 18.3. The number of para-hydroxylation sites is 2. The number of likely N-dealkylation sites (N-methyl/N-ethyl adjacent to an activating group) is 1. The number of benzene rings is 1. The molecule has 0 radical (unpaired) electrons. The van der Waals surface area contributed by atoms with E-state index in [-0.39, 0.29) is 11.9 Å². The SMILES string of the molecule is CNC(=O)C1Cc2ncc(NCC(C)N)nc2-n2c1nc1ccccc12. The molecule has 2 atom stereocenters. The van der Waals surface area contributed by atoms with Crippen molar-refractivity contribution in [2.75, 3.05) is 18.9 Å². The van der Waals surface area contributed by atoms with Crippen LogP contribution in [-0.2, 0) is 11.2 Å². The number of hydrogen-bond donors (Lipinski definition) is 3. The van der Waals surface area contributed by atoms with Gasteiger partial charge in [0.15, 0.2) is 5.82 Å². The first-order valence-corrected chi connectivity index (χ1v) is 8.63. The van der Waals surface area contributed by atoms with Crippen LogP contribution >= 0.6 is 0 Å². The summed E-state index contributed by atoms with van der Waals surface area (Å²) in [6.45, 7) is 2.53. The molecule has 4 rings (SSSR count). The van der Waals surface area contributed by atoms with Crippen molar-refractivity contribution in [3.8, 4) is 5.82 Å². The minimum absolute atomic E-state index is 0.00935. The van der Waals surface area contributed by atoms with E-state index in [1.165, 1.54) is 0 Å². The molecule has 1 aliphatic heterocycles. The molecule has 0 spiro atoms. The standard InChI is InChI=1S/C18H21N7O/c1-10(19)8-22-15-9-21-13-7-11(18(26)20-2)16-23-12-5-3-4-6-14(12)25(16)17(13)24-15/h3-6,9-11H,7-8,19H2,1-2H3,(H,20,26)(H,22,24). The molecule has 8 nitrogen and oxygen atoms in total. The fourth-order valence-electron chi connectivity index (χ4n) is 3.25. The average molecular weight is 351 g/mol. The number of nitrogens with one attached hydrogen (secondary N) is 2. The van der Waals surface area contributed by atoms with Crippen LogP contribution in [0, 0.1) is 0 Å². The normalized spacial score (nSPS) is 16.7. The highest BCUT2D eigenvalue weighted by molar-refractivity contribution is 5.87. The van der Waals surface area contributed by atoms with E-state index in [2.05, 4.69) is 15.6 Å². The van der Waals surface area contributed by atoms with Gasteiger partial charge in [-0.25, -0.2) is 9.97 Å². The number of fused-ring (bicyclic) bond motifs is 5. The van der Waals surface area contributed by atoms with Gasteiger partial charge in [-0.1, -0.05) is 12.1 Å². The van der Waals surface area contributed by atoms with Gasteiger partial charge in [0.25, 0.3) is 0 Å². The van der Waals surface area contributed by atoms with Crippen LogP contribution in [0.15, 0.2) is 30.5 Å². The quantitative estimate of drug-likeness (QED) is 0.646. The Kier molecular flexibility index (Phi) is 4.04. The second-order valence-electron chi connectivity index (χ2n) is 6.55. The third kappa shape index (κ3) is 2.68. The largest absolute Gasteiger partial charge is 0.367 e. The molecule has 0 bridgehead atoms. The van der Waals surface area contributed by atoms with E-state index in [1.807, 2.05) is 35.8 Å². The van der Waals surface area contributed by atoms with E-state index in [4.69, 9.17) is 15.7 Å². The summed E-state index contributed by atoms with van der Waals surface area (Å²) in [5.74, 6) is 1.59. The summed E-state index contributed by atoms with van der Waals surface area (Å²) in [5.41, 5.74) is 8.33. The summed E-state index contributed by atoms with van der Waals surface area (Å²) in [6, 6.07) is 7.81. The predicted octanol–water partition coefficient (Wildman–Crippen LogP) is 0.960. The molecule has 8 heteroatoms. The monoisotopic (exact) mass is 351 g/mol. The first-order chi connectivity index (χ1) is 12.6. The number of carbonyl (C=O) groups is 1. The van der Waals surface area contributed by atoms with Crippen molar-refractivity contribution in [3.63, 3.8) is 0 Å². The van der Waals surface area contributed by atoms with E-state index < -0.39 is 5.92 Å². The molecule has 2 unspecified atom stereocenters. The third-order valence-electron chi connectivity index (χ3n) is 4.50. The molecule has 26 heavy (non-hydrogen) atoms. The number of carbonyl (C=O) groups excluding carboxylic acids is 1. The second kappa shape index (κ2) is 6.38. The van der Waals surface area contributed by atoms with Gasteiger partial charge < -0.3 is 16.4 Å². The highest BCUT2D eigenvalue weighted by atomic mass is 16.1. The fraction of sp³-hybridized carbons (Fsp3) is 0.333. The fourth-order valence-corrected chi connectivity index (χ4v) is 3.25. The number of aromatic nitrogens is 4. The number of imidazole rings is 1. The summed E-state index contributed by atoms with van der Waals surface area (Å²) >= 11 is 0. The molecule has 1 amide bonds. The summed E-state index contributed by atoms with van der Waals surface area (Å²) in [6.07, 6.45) is 2.16. The molecule has 3 aromatic rings. The first-order valence-electron chi connectivity index (χ1n) is 8.63. The molecule has 3 heterocycles. The molecule has 1 aliphatic rings. The summed E-state index contributed by atoms with van der Waals surface area (Å²) in [7, 11) is 1.64. The zero-order valence-corrected chi connectivity index (χ0v) is 14.7. The van der Waals surface area contributed by atoms with E-state index in [0.717, 1.165) is 16.7 Å². The van der Waals surface area contributed by atoms with Crippen molar-refractivity contribution in [2.24, 2.45) is 5.73 Å². The molecule has 0 fully saturated rings. The number of anilines is 1. The van der Waals surface area contributed by atoms with E-state index >= 15 is 0 Å². The van der Waals surface area contributed by atoms with Gasteiger partial charge in [-0.2, -0.15) is 0 Å². The summed E-state index contributed by atoms with van der Waals surface area (Å²) in [5, 5.41) is 5.93. The topological polar surface area (TPSA) is 111 Å². The van der Waals surface area contributed by atoms with Crippen molar-refractivity contribution >= 4 is 22.8 Å². The first kappa shape index (κ1) is 16.5. The Morgan fingerprint density at radius 3 is 2.96 bits per heavy atom. The summed E-state index contributed by atoms with van der Waals surface area (Å²) in [4.78, 5) is 26.4. The predicted molar refractivity (Wildman–Crippen MR) is 99.3 cm³/mol. The van der Waals surface area contributed by atoms with E-state index in [0.29, 0.717) is 30.4 Å². The van der Waals surface area contributed by atoms with Crippen molar-refractivity contribution in [1.82, 2.24) is 24.8 Å². The molecule has 0 saturated heterocycles. The van der Waals surface area contributed by atoms with Crippen LogP contribution < -0.4 is 16.4 Å². The van der Waals surface area contributed by atoms with Crippen LogP contribution in [0.2, 0.25) is 0 Å². The maximum Gasteiger partial charge on any atom is 0.230 e. The molecular formula is C18H21N7O. The van der Waals surface area contributed by atoms with Crippen LogP contribution in [-0.4, -0.2) is 45.1 Å². The molecular weight excluding hydrogens is 330 g/mol. The van der Waals surface area contributed by atoms with Gasteiger partial charge in [0.05, 0.1) is 22.9 Å². The smallest absolute Gasteiger partial charge is 0.230 e. The Hall–Kier alpha value is -3.00.